The highest BCUT2D eigenvalue weighted by Crippen LogP contribution is 2.25. The van der Waals surface area contributed by atoms with E-state index in [4.69, 9.17) is 15.2 Å². The minimum absolute atomic E-state index is 0.0676. The van der Waals surface area contributed by atoms with Crippen molar-refractivity contribution in [2.45, 2.75) is 32.1 Å². The molecule has 1 aliphatic heterocycles. The molecule has 3 nitrogen and oxygen atoms in total. The Labute approximate surface area is 125 Å². The number of rotatable bonds is 5. The molecule has 110 valence electrons. The molecule has 0 aromatic heterocycles. The molecule has 0 spiro atoms. The van der Waals surface area contributed by atoms with Crippen LogP contribution in [0.3, 0.4) is 0 Å². The fourth-order valence-corrected chi connectivity index (χ4v) is 2.70. The first-order valence-electron chi connectivity index (χ1n) is 7.34. The standard InChI is InChI=1S/C18H21NO2/c1-20-17-7-2-13(3-8-17)4-9-18(19)14-5-6-15-11-21-12-16(15)10-14/h2-3,5-8,10,18H,4,9,11-12,19H2,1H3. The highest BCUT2D eigenvalue weighted by atomic mass is 16.5. The molecule has 0 saturated carbocycles. The smallest absolute Gasteiger partial charge is 0.118 e. The van der Waals surface area contributed by atoms with Crippen LogP contribution >= 0.6 is 0 Å². The van der Waals surface area contributed by atoms with E-state index in [2.05, 4.69) is 30.3 Å². The van der Waals surface area contributed by atoms with Crippen molar-refractivity contribution in [3.63, 3.8) is 0 Å². The minimum Gasteiger partial charge on any atom is -0.497 e. The summed E-state index contributed by atoms with van der Waals surface area (Å²) in [5.74, 6) is 0.890. The average molecular weight is 283 g/mol. The Morgan fingerprint density at radius 2 is 1.86 bits per heavy atom. The monoisotopic (exact) mass is 283 g/mol. The van der Waals surface area contributed by atoms with E-state index in [9.17, 15) is 0 Å². The molecule has 0 bridgehead atoms. The molecule has 1 heterocycles. The van der Waals surface area contributed by atoms with Crippen LogP contribution in [0.4, 0.5) is 0 Å². The molecule has 0 amide bonds. The number of fused-ring (bicyclic) bond motifs is 1. The second kappa shape index (κ2) is 6.29. The van der Waals surface area contributed by atoms with Gasteiger partial charge >= 0.3 is 0 Å². The van der Waals surface area contributed by atoms with Crippen LogP contribution in [0.5, 0.6) is 5.75 Å². The topological polar surface area (TPSA) is 44.5 Å². The third-order valence-electron chi connectivity index (χ3n) is 4.08. The van der Waals surface area contributed by atoms with Gasteiger partial charge in [0.2, 0.25) is 0 Å². The van der Waals surface area contributed by atoms with Crippen LogP contribution in [-0.4, -0.2) is 7.11 Å². The maximum atomic E-state index is 6.33. The zero-order valence-corrected chi connectivity index (χ0v) is 12.3. The molecular weight excluding hydrogens is 262 g/mol. The quantitative estimate of drug-likeness (QED) is 0.915. The maximum Gasteiger partial charge on any atom is 0.118 e. The summed E-state index contributed by atoms with van der Waals surface area (Å²) in [7, 11) is 1.68. The van der Waals surface area contributed by atoms with Gasteiger partial charge in [-0.3, -0.25) is 0 Å². The van der Waals surface area contributed by atoms with E-state index in [1.807, 2.05) is 12.1 Å². The summed E-state index contributed by atoms with van der Waals surface area (Å²) in [6.45, 7) is 1.45. The van der Waals surface area contributed by atoms with E-state index < -0.39 is 0 Å². The van der Waals surface area contributed by atoms with Crippen molar-refractivity contribution in [3.8, 4) is 5.75 Å². The zero-order chi connectivity index (χ0) is 14.7. The molecule has 1 aliphatic rings. The number of hydrogen-bond donors (Lipinski definition) is 1. The van der Waals surface area contributed by atoms with Gasteiger partial charge in [0.25, 0.3) is 0 Å². The predicted octanol–water partition coefficient (Wildman–Crippen LogP) is 3.36. The Kier molecular flexibility index (Phi) is 4.23. The fraction of sp³-hybridized carbons (Fsp3) is 0.333. The van der Waals surface area contributed by atoms with Crippen molar-refractivity contribution in [1.82, 2.24) is 0 Å². The summed E-state index contributed by atoms with van der Waals surface area (Å²) < 4.78 is 10.6. The third kappa shape index (κ3) is 3.26. The van der Waals surface area contributed by atoms with Crippen molar-refractivity contribution in [2.75, 3.05) is 7.11 Å². The van der Waals surface area contributed by atoms with E-state index in [1.165, 1.54) is 22.3 Å². The zero-order valence-electron chi connectivity index (χ0n) is 12.3. The van der Waals surface area contributed by atoms with Gasteiger partial charge < -0.3 is 15.2 Å². The van der Waals surface area contributed by atoms with Crippen molar-refractivity contribution < 1.29 is 9.47 Å². The highest BCUT2D eigenvalue weighted by molar-refractivity contribution is 5.34. The van der Waals surface area contributed by atoms with Crippen molar-refractivity contribution in [3.05, 3.63) is 64.7 Å². The van der Waals surface area contributed by atoms with E-state index in [0.717, 1.165) is 25.2 Å². The van der Waals surface area contributed by atoms with Gasteiger partial charge in [-0.25, -0.2) is 0 Å². The number of ether oxygens (including phenoxy) is 2. The first-order valence-corrected chi connectivity index (χ1v) is 7.34. The third-order valence-corrected chi connectivity index (χ3v) is 4.08. The van der Waals surface area contributed by atoms with Crippen LogP contribution in [0.1, 0.15) is 34.7 Å². The molecule has 2 aromatic carbocycles. The van der Waals surface area contributed by atoms with Crippen LogP contribution in [0.15, 0.2) is 42.5 Å². The number of aryl methyl sites for hydroxylation is 1. The highest BCUT2D eigenvalue weighted by Gasteiger charge is 2.14. The molecule has 2 aromatic rings. The van der Waals surface area contributed by atoms with Gasteiger partial charge in [-0.1, -0.05) is 30.3 Å². The molecule has 3 rings (SSSR count). The van der Waals surface area contributed by atoms with Crippen LogP contribution < -0.4 is 10.5 Å². The summed E-state index contributed by atoms with van der Waals surface area (Å²) in [5.41, 5.74) is 11.4. The Bertz CT molecular complexity index is 607. The van der Waals surface area contributed by atoms with Crippen LogP contribution in [0.2, 0.25) is 0 Å². The van der Waals surface area contributed by atoms with E-state index >= 15 is 0 Å². The van der Waals surface area contributed by atoms with Gasteiger partial charge in [-0.15, -0.1) is 0 Å². The summed E-state index contributed by atoms with van der Waals surface area (Å²) in [6, 6.07) is 14.7. The van der Waals surface area contributed by atoms with Gasteiger partial charge in [0.1, 0.15) is 5.75 Å². The number of benzene rings is 2. The lowest BCUT2D eigenvalue weighted by Gasteiger charge is -2.13. The van der Waals surface area contributed by atoms with Crippen molar-refractivity contribution >= 4 is 0 Å². The van der Waals surface area contributed by atoms with Gasteiger partial charge in [0.05, 0.1) is 20.3 Å². The van der Waals surface area contributed by atoms with Crippen molar-refractivity contribution in [1.29, 1.82) is 0 Å². The normalized spacial score (nSPS) is 14.8. The largest absolute Gasteiger partial charge is 0.497 e. The Morgan fingerprint density at radius 1 is 1.10 bits per heavy atom. The molecule has 3 heteroatoms. The SMILES string of the molecule is COc1ccc(CCC(N)c2ccc3c(c2)COC3)cc1. The van der Waals surface area contributed by atoms with E-state index in [0.29, 0.717) is 6.61 Å². The average Bonchev–Trinajstić information content (AvgIpc) is 3.00. The van der Waals surface area contributed by atoms with Crippen LogP contribution in [0, 0.1) is 0 Å². The molecule has 0 radical (unpaired) electrons. The minimum atomic E-state index is 0.0676. The summed E-state index contributed by atoms with van der Waals surface area (Å²) in [6.07, 6.45) is 1.91. The molecule has 1 unspecified atom stereocenters. The van der Waals surface area contributed by atoms with E-state index in [1.54, 1.807) is 7.11 Å². The second-order valence-electron chi connectivity index (χ2n) is 5.51. The van der Waals surface area contributed by atoms with E-state index in [-0.39, 0.29) is 6.04 Å². The lowest BCUT2D eigenvalue weighted by atomic mass is 9.97. The summed E-state index contributed by atoms with van der Waals surface area (Å²) in [5, 5.41) is 0. The fourth-order valence-electron chi connectivity index (χ4n) is 2.70. The molecule has 0 aliphatic carbocycles. The molecule has 1 atom stereocenters. The molecule has 0 saturated heterocycles. The first-order chi connectivity index (χ1) is 10.3. The molecular formula is C18H21NO2. The molecule has 21 heavy (non-hydrogen) atoms. The van der Waals surface area contributed by atoms with Crippen LogP contribution in [0.25, 0.3) is 0 Å². The van der Waals surface area contributed by atoms with Gasteiger partial charge in [0, 0.05) is 6.04 Å². The first kappa shape index (κ1) is 14.1. The summed E-state index contributed by atoms with van der Waals surface area (Å²) in [4.78, 5) is 0. The molecule has 0 fully saturated rings. The lowest BCUT2D eigenvalue weighted by Crippen LogP contribution is -2.11. The summed E-state index contributed by atoms with van der Waals surface area (Å²) >= 11 is 0. The molecule has 2 N–H and O–H groups in total. The van der Waals surface area contributed by atoms with Crippen LogP contribution in [-0.2, 0) is 24.4 Å². The lowest BCUT2D eigenvalue weighted by molar-refractivity contribution is 0.134. The Morgan fingerprint density at radius 3 is 2.62 bits per heavy atom. The Balaban J connectivity index is 1.61. The van der Waals surface area contributed by atoms with Gasteiger partial charge in [-0.2, -0.15) is 0 Å². The number of hydrogen-bond acceptors (Lipinski definition) is 3. The predicted molar refractivity (Wildman–Crippen MR) is 83.2 cm³/mol. The Hall–Kier alpha value is -1.84. The van der Waals surface area contributed by atoms with Gasteiger partial charge in [0.15, 0.2) is 0 Å². The maximum absolute atomic E-state index is 6.33. The van der Waals surface area contributed by atoms with Gasteiger partial charge in [-0.05, 0) is 47.2 Å². The van der Waals surface area contributed by atoms with Crippen molar-refractivity contribution in [2.24, 2.45) is 5.73 Å². The second-order valence-corrected chi connectivity index (χ2v) is 5.51. The number of methoxy groups -OCH3 is 1. The number of nitrogens with two attached hydrogens (primary N) is 1.